The van der Waals surface area contributed by atoms with Crippen molar-refractivity contribution in [2.45, 2.75) is 25.3 Å². The average molecular weight is 300 g/mol. The smallest absolute Gasteiger partial charge is 0.326 e. The van der Waals surface area contributed by atoms with E-state index < -0.39 is 41.9 Å². The summed E-state index contributed by atoms with van der Waals surface area (Å²) in [6.45, 7) is 0. The predicted octanol–water partition coefficient (Wildman–Crippen LogP) is 0.342. The van der Waals surface area contributed by atoms with Crippen LogP contribution in [0.3, 0.4) is 0 Å². The van der Waals surface area contributed by atoms with Crippen molar-refractivity contribution < 1.29 is 28.3 Å². The van der Waals surface area contributed by atoms with Gasteiger partial charge in [0.05, 0.1) is 6.42 Å². The maximum absolute atomic E-state index is 13.4. The molecule has 114 valence electrons. The van der Waals surface area contributed by atoms with Crippen LogP contribution in [0.2, 0.25) is 0 Å². The molecule has 0 aromatic heterocycles. The number of nitrogens with one attached hydrogen (secondary N) is 1. The first-order valence-electron chi connectivity index (χ1n) is 6.04. The standard InChI is InChI=1S/C13H14F2N2O4/c14-8-2-1-7(9(15)6-8)5-12(19)17-10(13(20)21)3-4-11(16)18/h1-2,6,10H,3-5H2,(H2,16,18)(H,17,19)(H,20,21). The van der Waals surface area contributed by atoms with Gasteiger partial charge >= 0.3 is 5.97 Å². The lowest BCUT2D eigenvalue weighted by Gasteiger charge is -2.13. The van der Waals surface area contributed by atoms with Gasteiger partial charge in [0, 0.05) is 12.5 Å². The van der Waals surface area contributed by atoms with Gasteiger partial charge in [-0.05, 0) is 18.1 Å². The average Bonchev–Trinajstić information content (AvgIpc) is 2.37. The Morgan fingerprint density at radius 2 is 1.95 bits per heavy atom. The van der Waals surface area contributed by atoms with Crippen molar-refractivity contribution in [3.05, 3.63) is 35.4 Å². The Balaban J connectivity index is 2.65. The van der Waals surface area contributed by atoms with E-state index >= 15 is 0 Å². The summed E-state index contributed by atoms with van der Waals surface area (Å²) in [4.78, 5) is 33.2. The van der Waals surface area contributed by atoms with Gasteiger partial charge in [-0.15, -0.1) is 0 Å². The van der Waals surface area contributed by atoms with E-state index in [9.17, 15) is 23.2 Å². The minimum absolute atomic E-state index is 0.0621. The lowest BCUT2D eigenvalue weighted by atomic mass is 10.1. The first kappa shape index (κ1) is 16.5. The molecule has 0 aliphatic heterocycles. The molecule has 0 saturated heterocycles. The molecule has 1 aromatic carbocycles. The third-order valence-corrected chi connectivity index (χ3v) is 2.68. The van der Waals surface area contributed by atoms with E-state index in [1.54, 1.807) is 0 Å². The highest BCUT2D eigenvalue weighted by molar-refractivity contribution is 5.85. The number of aliphatic carboxylic acids is 1. The molecule has 1 unspecified atom stereocenters. The van der Waals surface area contributed by atoms with Crippen LogP contribution in [0.4, 0.5) is 8.78 Å². The Morgan fingerprint density at radius 3 is 2.48 bits per heavy atom. The molecule has 21 heavy (non-hydrogen) atoms. The number of hydrogen-bond acceptors (Lipinski definition) is 3. The highest BCUT2D eigenvalue weighted by atomic mass is 19.1. The van der Waals surface area contributed by atoms with Gasteiger partial charge in [0.1, 0.15) is 17.7 Å². The zero-order valence-electron chi connectivity index (χ0n) is 10.9. The number of amides is 2. The number of benzene rings is 1. The maximum atomic E-state index is 13.4. The Hall–Kier alpha value is -2.51. The molecule has 0 radical (unpaired) electrons. The predicted molar refractivity (Wildman–Crippen MR) is 68.1 cm³/mol. The van der Waals surface area contributed by atoms with Crippen molar-refractivity contribution in [3.63, 3.8) is 0 Å². The highest BCUT2D eigenvalue weighted by Gasteiger charge is 2.21. The molecule has 0 fully saturated rings. The molecule has 0 spiro atoms. The molecular formula is C13H14F2N2O4. The lowest BCUT2D eigenvalue weighted by molar-refractivity contribution is -0.142. The van der Waals surface area contributed by atoms with E-state index in [-0.39, 0.29) is 18.4 Å². The van der Waals surface area contributed by atoms with E-state index in [4.69, 9.17) is 10.8 Å². The van der Waals surface area contributed by atoms with Crippen LogP contribution >= 0.6 is 0 Å². The minimum atomic E-state index is -1.33. The SMILES string of the molecule is NC(=O)CCC(NC(=O)Cc1ccc(F)cc1F)C(=O)O. The summed E-state index contributed by atoms with van der Waals surface area (Å²) < 4.78 is 26.1. The number of primary amides is 1. The van der Waals surface area contributed by atoms with Crippen molar-refractivity contribution in [1.29, 1.82) is 0 Å². The van der Waals surface area contributed by atoms with Crippen molar-refractivity contribution in [3.8, 4) is 0 Å². The van der Waals surface area contributed by atoms with Crippen LogP contribution in [0.5, 0.6) is 0 Å². The summed E-state index contributed by atoms with van der Waals surface area (Å²) in [6.07, 6.45) is -0.809. The second kappa shape index (κ2) is 7.32. The van der Waals surface area contributed by atoms with Crippen molar-refractivity contribution in [2.24, 2.45) is 5.73 Å². The number of halogens is 2. The van der Waals surface area contributed by atoms with Crippen molar-refractivity contribution >= 4 is 17.8 Å². The summed E-state index contributed by atoms with van der Waals surface area (Å²) in [5.41, 5.74) is 4.84. The molecule has 8 heteroatoms. The molecule has 0 aliphatic carbocycles. The molecule has 0 bridgehead atoms. The van der Waals surface area contributed by atoms with Gasteiger partial charge in [-0.3, -0.25) is 9.59 Å². The number of carboxylic acid groups (broad SMARTS) is 1. The van der Waals surface area contributed by atoms with Gasteiger partial charge in [0.15, 0.2) is 0 Å². The Bertz CT molecular complexity index is 563. The number of carbonyl (C=O) groups is 3. The van der Waals surface area contributed by atoms with Crippen LogP contribution in [0.15, 0.2) is 18.2 Å². The molecule has 2 amide bonds. The second-order valence-corrected chi connectivity index (χ2v) is 4.38. The van der Waals surface area contributed by atoms with E-state index in [0.29, 0.717) is 6.07 Å². The monoisotopic (exact) mass is 300 g/mol. The first-order chi connectivity index (χ1) is 9.79. The molecule has 6 nitrogen and oxygen atoms in total. The van der Waals surface area contributed by atoms with E-state index in [0.717, 1.165) is 12.1 Å². The van der Waals surface area contributed by atoms with E-state index in [2.05, 4.69) is 5.32 Å². The van der Waals surface area contributed by atoms with Crippen LogP contribution < -0.4 is 11.1 Å². The highest BCUT2D eigenvalue weighted by Crippen LogP contribution is 2.10. The first-order valence-corrected chi connectivity index (χ1v) is 6.04. The zero-order valence-corrected chi connectivity index (χ0v) is 10.9. The van der Waals surface area contributed by atoms with Crippen LogP contribution in [0, 0.1) is 11.6 Å². The quantitative estimate of drug-likeness (QED) is 0.674. The number of rotatable bonds is 7. The Kier molecular flexibility index (Phi) is 5.77. The fraction of sp³-hybridized carbons (Fsp3) is 0.308. The topological polar surface area (TPSA) is 109 Å². The van der Waals surface area contributed by atoms with Gasteiger partial charge in [0.2, 0.25) is 11.8 Å². The summed E-state index contributed by atoms with van der Waals surface area (Å²) in [7, 11) is 0. The van der Waals surface area contributed by atoms with Gasteiger partial charge < -0.3 is 16.2 Å². The van der Waals surface area contributed by atoms with Gasteiger partial charge in [-0.1, -0.05) is 6.07 Å². The molecule has 1 aromatic rings. The second-order valence-electron chi connectivity index (χ2n) is 4.38. The molecule has 1 atom stereocenters. The summed E-state index contributed by atoms with van der Waals surface area (Å²) >= 11 is 0. The van der Waals surface area contributed by atoms with Crippen LogP contribution in [0.1, 0.15) is 18.4 Å². The summed E-state index contributed by atoms with van der Waals surface area (Å²) in [6, 6.07) is 1.43. The van der Waals surface area contributed by atoms with Crippen LogP contribution in [-0.2, 0) is 20.8 Å². The lowest BCUT2D eigenvalue weighted by Crippen LogP contribution is -2.42. The van der Waals surface area contributed by atoms with Crippen molar-refractivity contribution in [1.82, 2.24) is 5.32 Å². The van der Waals surface area contributed by atoms with Gasteiger partial charge in [-0.2, -0.15) is 0 Å². The van der Waals surface area contributed by atoms with Crippen molar-refractivity contribution in [2.75, 3.05) is 0 Å². The zero-order chi connectivity index (χ0) is 16.0. The van der Waals surface area contributed by atoms with Gasteiger partial charge in [-0.25, -0.2) is 13.6 Å². The molecule has 0 heterocycles. The van der Waals surface area contributed by atoms with Gasteiger partial charge in [0.25, 0.3) is 0 Å². The van der Waals surface area contributed by atoms with Crippen LogP contribution in [-0.4, -0.2) is 28.9 Å². The molecule has 4 N–H and O–H groups in total. The normalized spacial score (nSPS) is 11.7. The third-order valence-electron chi connectivity index (χ3n) is 2.68. The Labute approximate surface area is 118 Å². The largest absolute Gasteiger partial charge is 0.480 e. The fourth-order valence-corrected chi connectivity index (χ4v) is 1.63. The molecule has 1 rings (SSSR count). The van der Waals surface area contributed by atoms with E-state index in [1.807, 2.05) is 0 Å². The number of nitrogens with two attached hydrogens (primary N) is 1. The number of hydrogen-bond donors (Lipinski definition) is 3. The maximum Gasteiger partial charge on any atom is 0.326 e. The molecule has 0 saturated carbocycles. The van der Waals surface area contributed by atoms with Crippen LogP contribution in [0.25, 0.3) is 0 Å². The summed E-state index contributed by atoms with van der Waals surface area (Å²) in [5, 5.41) is 11.1. The Morgan fingerprint density at radius 1 is 1.29 bits per heavy atom. The molecule has 0 aliphatic rings. The minimum Gasteiger partial charge on any atom is -0.480 e. The molecular weight excluding hydrogens is 286 g/mol. The van der Waals surface area contributed by atoms with E-state index in [1.165, 1.54) is 0 Å². The third kappa shape index (κ3) is 5.55. The number of carboxylic acids is 1. The fourth-order valence-electron chi connectivity index (χ4n) is 1.63. The number of carbonyl (C=O) groups excluding carboxylic acids is 2. The summed E-state index contributed by atoms with van der Waals surface area (Å²) in [5.74, 6) is -4.45.